The van der Waals surface area contributed by atoms with E-state index in [-0.39, 0.29) is 5.91 Å². The molecule has 0 aliphatic rings. The summed E-state index contributed by atoms with van der Waals surface area (Å²) in [7, 11) is 0. The lowest BCUT2D eigenvalue weighted by Gasteiger charge is -2.13. The first-order chi connectivity index (χ1) is 13.6. The Bertz CT molecular complexity index is 944. The molecule has 0 aliphatic carbocycles. The number of ether oxygens (including phenoxy) is 1. The van der Waals surface area contributed by atoms with Gasteiger partial charge in [0, 0.05) is 10.2 Å². The second-order valence-electron chi connectivity index (χ2n) is 6.09. The van der Waals surface area contributed by atoms with E-state index in [1.54, 1.807) is 13.1 Å². The fourth-order valence-corrected chi connectivity index (χ4v) is 2.68. The van der Waals surface area contributed by atoms with Crippen LogP contribution in [0, 0.1) is 0 Å². The van der Waals surface area contributed by atoms with Crippen LogP contribution in [0.5, 0.6) is 11.5 Å². The van der Waals surface area contributed by atoms with Crippen molar-refractivity contribution in [1.29, 1.82) is 0 Å². The Kier molecular flexibility index (Phi) is 6.81. The number of anilines is 1. The van der Waals surface area contributed by atoms with Crippen LogP contribution in [0.15, 0.2) is 88.4 Å². The van der Waals surface area contributed by atoms with Gasteiger partial charge in [-0.25, -0.2) is 5.43 Å². The van der Waals surface area contributed by atoms with Gasteiger partial charge in [0.25, 0.3) is 5.91 Å². The van der Waals surface area contributed by atoms with Gasteiger partial charge in [0.05, 0.1) is 6.21 Å². The zero-order valence-corrected chi connectivity index (χ0v) is 16.9. The van der Waals surface area contributed by atoms with Crippen molar-refractivity contribution in [3.63, 3.8) is 0 Å². The minimum Gasteiger partial charge on any atom is -0.457 e. The number of hydrogen-bond donors (Lipinski definition) is 2. The van der Waals surface area contributed by atoms with E-state index in [2.05, 4.69) is 31.8 Å². The maximum atomic E-state index is 12.2. The molecule has 1 amide bonds. The Hall–Kier alpha value is -3.12. The van der Waals surface area contributed by atoms with E-state index >= 15 is 0 Å². The third-order valence-corrected chi connectivity index (χ3v) is 4.37. The van der Waals surface area contributed by atoms with E-state index in [9.17, 15) is 4.79 Å². The van der Waals surface area contributed by atoms with E-state index < -0.39 is 6.04 Å². The van der Waals surface area contributed by atoms with Crippen molar-refractivity contribution in [3.8, 4) is 11.5 Å². The third-order valence-electron chi connectivity index (χ3n) is 3.85. The molecule has 3 aromatic rings. The second kappa shape index (κ2) is 9.71. The summed E-state index contributed by atoms with van der Waals surface area (Å²) in [5, 5.41) is 7.17. The summed E-state index contributed by atoms with van der Waals surface area (Å²) in [6.45, 7) is 1.78. The fourth-order valence-electron chi connectivity index (χ4n) is 2.41. The highest BCUT2D eigenvalue weighted by Crippen LogP contribution is 2.21. The highest BCUT2D eigenvalue weighted by atomic mass is 79.9. The summed E-state index contributed by atoms with van der Waals surface area (Å²) < 4.78 is 6.78. The van der Waals surface area contributed by atoms with E-state index in [0.717, 1.165) is 21.5 Å². The normalized spacial score (nSPS) is 11.8. The molecule has 142 valence electrons. The molecule has 2 N–H and O–H groups in total. The fraction of sp³-hybridized carbons (Fsp3) is 0.0909. The summed E-state index contributed by atoms with van der Waals surface area (Å²) in [6, 6.07) is 24.2. The van der Waals surface area contributed by atoms with Crippen molar-refractivity contribution in [2.45, 2.75) is 13.0 Å². The third kappa shape index (κ3) is 5.96. The lowest BCUT2D eigenvalue weighted by atomic mass is 10.2. The quantitative estimate of drug-likeness (QED) is 0.394. The van der Waals surface area contributed by atoms with Gasteiger partial charge in [-0.1, -0.05) is 46.3 Å². The zero-order chi connectivity index (χ0) is 19.8. The molecular weight excluding hydrogens is 418 g/mol. The van der Waals surface area contributed by atoms with Crippen LogP contribution in [0.4, 0.5) is 5.69 Å². The predicted molar refractivity (Wildman–Crippen MR) is 116 cm³/mol. The molecule has 0 radical (unpaired) electrons. The number of nitrogens with zero attached hydrogens (tertiary/aromatic N) is 1. The van der Waals surface area contributed by atoms with Crippen LogP contribution >= 0.6 is 15.9 Å². The van der Waals surface area contributed by atoms with Gasteiger partial charge in [-0.2, -0.15) is 5.10 Å². The van der Waals surface area contributed by atoms with Gasteiger partial charge < -0.3 is 10.1 Å². The molecule has 5 nitrogen and oxygen atoms in total. The smallest absolute Gasteiger partial charge is 0.262 e. The van der Waals surface area contributed by atoms with Gasteiger partial charge in [0.1, 0.15) is 17.5 Å². The topological polar surface area (TPSA) is 62.7 Å². The number of amides is 1. The maximum absolute atomic E-state index is 12.2. The number of benzene rings is 3. The van der Waals surface area contributed by atoms with Crippen LogP contribution in [0.2, 0.25) is 0 Å². The van der Waals surface area contributed by atoms with Crippen molar-refractivity contribution in [1.82, 2.24) is 5.43 Å². The van der Waals surface area contributed by atoms with Crippen molar-refractivity contribution in [2.24, 2.45) is 5.10 Å². The van der Waals surface area contributed by atoms with E-state index in [0.29, 0.717) is 5.75 Å². The van der Waals surface area contributed by atoms with Crippen LogP contribution < -0.4 is 15.5 Å². The summed E-state index contributed by atoms with van der Waals surface area (Å²) in [5.74, 6) is 1.24. The largest absolute Gasteiger partial charge is 0.457 e. The minimum atomic E-state index is -0.425. The highest BCUT2D eigenvalue weighted by molar-refractivity contribution is 9.10. The summed E-state index contributed by atoms with van der Waals surface area (Å²) in [6.07, 6.45) is 1.59. The molecule has 0 saturated carbocycles. The number of para-hydroxylation sites is 1. The first kappa shape index (κ1) is 19.6. The Morgan fingerprint density at radius 3 is 2.46 bits per heavy atom. The zero-order valence-electron chi connectivity index (χ0n) is 15.3. The number of carbonyl (C=O) groups is 1. The molecule has 28 heavy (non-hydrogen) atoms. The molecule has 1 atom stereocenters. The lowest BCUT2D eigenvalue weighted by Crippen LogP contribution is -2.34. The summed E-state index contributed by atoms with van der Waals surface area (Å²) in [5.41, 5.74) is 4.23. The number of nitrogens with one attached hydrogen (secondary N) is 2. The average molecular weight is 438 g/mol. The SMILES string of the molecule is C[C@H](Nc1ccc(Br)cc1)C(=O)N/N=C\c1cccc(Oc2ccccc2)c1. The van der Waals surface area contributed by atoms with Gasteiger partial charge in [-0.05, 0) is 61.0 Å². The Labute approximate surface area is 172 Å². The van der Waals surface area contributed by atoms with Crippen molar-refractivity contribution in [3.05, 3.63) is 88.9 Å². The molecule has 0 unspecified atom stereocenters. The maximum Gasteiger partial charge on any atom is 0.262 e. The van der Waals surface area contributed by atoms with Crippen LogP contribution in [0.25, 0.3) is 0 Å². The highest BCUT2D eigenvalue weighted by Gasteiger charge is 2.11. The monoisotopic (exact) mass is 437 g/mol. The summed E-state index contributed by atoms with van der Waals surface area (Å²) in [4.78, 5) is 12.2. The van der Waals surface area contributed by atoms with Crippen LogP contribution in [-0.4, -0.2) is 18.2 Å². The molecule has 0 aromatic heterocycles. The van der Waals surface area contributed by atoms with Gasteiger partial charge in [0.2, 0.25) is 0 Å². The summed E-state index contributed by atoms with van der Waals surface area (Å²) >= 11 is 3.39. The Balaban J connectivity index is 1.54. The van der Waals surface area contributed by atoms with Crippen LogP contribution in [0.1, 0.15) is 12.5 Å². The van der Waals surface area contributed by atoms with Crippen molar-refractivity contribution >= 4 is 33.7 Å². The molecular formula is C22H20BrN3O2. The standard InChI is InChI=1S/C22H20BrN3O2/c1-16(25-19-12-10-18(23)11-13-19)22(27)26-24-15-17-6-5-9-21(14-17)28-20-7-3-2-4-8-20/h2-16,25H,1H3,(H,26,27)/b24-15-/t16-/m0/s1. The second-order valence-corrected chi connectivity index (χ2v) is 7.01. The number of hydrogen-bond acceptors (Lipinski definition) is 4. The lowest BCUT2D eigenvalue weighted by molar-refractivity contribution is -0.121. The number of halogens is 1. The van der Waals surface area contributed by atoms with E-state index in [4.69, 9.17) is 4.74 Å². The van der Waals surface area contributed by atoms with Gasteiger partial charge >= 0.3 is 0 Å². The molecule has 3 aromatic carbocycles. The van der Waals surface area contributed by atoms with Crippen molar-refractivity contribution < 1.29 is 9.53 Å². The van der Waals surface area contributed by atoms with Crippen molar-refractivity contribution in [2.75, 3.05) is 5.32 Å². The molecule has 0 bridgehead atoms. The molecule has 0 spiro atoms. The average Bonchev–Trinajstić information content (AvgIpc) is 2.71. The van der Waals surface area contributed by atoms with Gasteiger partial charge in [-0.15, -0.1) is 0 Å². The van der Waals surface area contributed by atoms with E-state index in [1.165, 1.54) is 0 Å². The van der Waals surface area contributed by atoms with Gasteiger partial charge in [0.15, 0.2) is 0 Å². The molecule has 3 rings (SSSR count). The minimum absolute atomic E-state index is 0.226. The number of hydrazone groups is 1. The Morgan fingerprint density at radius 2 is 1.71 bits per heavy atom. The Morgan fingerprint density at radius 1 is 1.00 bits per heavy atom. The first-order valence-corrected chi connectivity index (χ1v) is 9.57. The first-order valence-electron chi connectivity index (χ1n) is 8.78. The molecule has 0 aliphatic heterocycles. The molecule has 6 heteroatoms. The molecule has 0 saturated heterocycles. The number of carbonyl (C=O) groups excluding carboxylic acids is 1. The van der Waals surface area contributed by atoms with Crippen LogP contribution in [-0.2, 0) is 4.79 Å². The van der Waals surface area contributed by atoms with Gasteiger partial charge in [-0.3, -0.25) is 4.79 Å². The van der Waals surface area contributed by atoms with Crippen LogP contribution in [0.3, 0.4) is 0 Å². The predicted octanol–water partition coefficient (Wildman–Crippen LogP) is 5.19. The molecule has 0 fully saturated rings. The number of rotatable bonds is 7. The molecule has 0 heterocycles. The van der Waals surface area contributed by atoms with E-state index in [1.807, 2.05) is 78.9 Å².